The summed E-state index contributed by atoms with van der Waals surface area (Å²) < 4.78 is 19.6. The van der Waals surface area contributed by atoms with Crippen molar-refractivity contribution in [1.29, 1.82) is 0 Å². The van der Waals surface area contributed by atoms with Crippen molar-refractivity contribution in [3.63, 3.8) is 0 Å². The second-order valence-corrected chi connectivity index (χ2v) is 9.18. The number of hydrogen-bond donors (Lipinski definition) is 1. The third-order valence-electron chi connectivity index (χ3n) is 6.19. The first-order valence-corrected chi connectivity index (χ1v) is 12.5. The second kappa shape index (κ2) is 12.3. The summed E-state index contributed by atoms with van der Waals surface area (Å²) in [4.78, 5) is 2.24. The van der Waals surface area contributed by atoms with Gasteiger partial charge in [0.2, 0.25) is 5.88 Å². The summed E-state index contributed by atoms with van der Waals surface area (Å²) in [7, 11) is 1.91. The zero-order valence-electron chi connectivity index (χ0n) is 21.0. The fourth-order valence-electron chi connectivity index (χ4n) is 4.55. The van der Waals surface area contributed by atoms with Crippen LogP contribution in [0.1, 0.15) is 30.9 Å². The zero-order valence-corrected chi connectivity index (χ0v) is 21.0. The van der Waals surface area contributed by atoms with E-state index in [2.05, 4.69) is 30.0 Å². The Hall–Kier alpha value is -2.71. The molecule has 7 nitrogen and oxygen atoms in total. The van der Waals surface area contributed by atoms with Crippen molar-refractivity contribution in [2.24, 2.45) is 7.05 Å². The largest absolute Gasteiger partial charge is 0.439 e. The van der Waals surface area contributed by atoms with Gasteiger partial charge in [-0.3, -0.25) is 4.90 Å². The van der Waals surface area contributed by atoms with Crippen molar-refractivity contribution < 1.29 is 19.3 Å². The van der Waals surface area contributed by atoms with Crippen LogP contribution in [0.25, 0.3) is 11.3 Å². The highest BCUT2D eigenvalue weighted by Crippen LogP contribution is 2.34. The third kappa shape index (κ3) is 6.92. The summed E-state index contributed by atoms with van der Waals surface area (Å²) >= 11 is 0. The lowest BCUT2D eigenvalue weighted by molar-refractivity contribution is 0.00505. The molecule has 35 heavy (non-hydrogen) atoms. The molecule has 0 radical (unpaired) electrons. The molecule has 3 aromatic rings. The van der Waals surface area contributed by atoms with Crippen molar-refractivity contribution >= 4 is 0 Å². The SMILES string of the molecule is CCOC[C@@H](O)CN(Cc1c(-c2ccccc2)nn(C)c1Oc1cccc(C)c1)C[C@@H]1CCCO1. The Bertz CT molecular complexity index is 1060. The van der Waals surface area contributed by atoms with Gasteiger partial charge >= 0.3 is 0 Å². The topological polar surface area (TPSA) is 69.0 Å². The van der Waals surface area contributed by atoms with E-state index in [1.54, 1.807) is 4.68 Å². The molecule has 7 heteroatoms. The molecule has 1 aliphatic heterocycles. The fraction of sp³-hybridized carbons (Fsp3) is 0.464. The summed E-state index contributed by atoms with van der Waals surface area (Å²) in [5, 5.41) is 15.5. The van der Waals surface area contributed by atoms with E-state index in [1.165, 1.54) is 0 Å². The van der Waals surface area contributed by atoms with Crippen LogP contribution in [0.5, 0.6) is 11.6 Å². The first kappa shape index (κ1) is 25.4. The molecule has 4 rings (SSSR count). The Kier molecular flexibility index (Phi) is 8.93. The van der Waals surface area contributed by atoms with E-state index >= 15 is 0 Å². The number of aryl methyl sites for hydroxylation is 2. The van der Waals surface area contributed by atoms with Crippen molar-refractivity contribution in [2.45, 2.75) is 45.4 Å². The van der Waals surface area contributed by atoms with Crippen LogP contribution in [-0.2, 0) is 23.1 Å². The average molecular weight is 480 g/mol. The number of ether oxygens (including phenoxy) is 3. The van der Waals surface area contributed by atoms with Gasteiger partial charge in [0, 0.05) is 45.5 Å². The highest BCUT2D eigenvalue weighted by atomic mass is 16.5. The molecule has 188 valence electrons. The molecule has 1 aromatic heterocycles. The van der Waals surface area contributed by atoms with Crippen LogP contribution >= 0.6 is 0 Å². The minimum absolute atomic E-state index is 0.160. The number of aliphatic hydroxyl groups is 1. The lowest BCUT2D eigenvalue weighted by Gasteiger charge is -2.27. The minimum atomic E-state index is -0.589. The molecule has 0 bridgehead atoms. The van der Waals surface area contributed by atoms with Crippen LogP contribution < -0.4 is 4.74 Å². The summed E-state index contributed by atoms with van der Waals surface area (Å²) in [6.07, 6.45) is 1.68. The third-order valence-corrected chi connectivity index (χ3v) is 6.19. The standard InChI is InChI=1S/C28H37N3O4/c1-4-33-20-23(32)17-31(18-25-14-9-15-34-25)19-26-27(22-11-6-5-7-12-22)29-30(3)28(26)35-24-13-8-10-21(2)16-24/h5-8,10-13,16,23,25,32H,4,9,14-15,17-20H2,1-3H3/t23-,25-/m0/s1. The predicted octanol–water partition coefficient (Wildman–Crippen LogP) is 4.57. The summed E-state index contributed by atoms with van der Waals surface area (Å²) in [5.41, 5.74) is 4.03. The van der Waals surface area contributed by atoms with E-state index in [0.717, 1.165) is 54.1 Å². The molecule has 1 fully saturated rings. The zero-order chi connectivity index (χ0) is 24.6. The molecule has 0 spiro atoms. The number of benzene rings is 2. The predicted molar refractivity (Wildman–Crippen MR) is 137 cm³/mol. The minimum Gasteiger partial charge on any atom is -0.439 e. The number of aromatic nitrogens is 2. The second-order valence-electron chi connectivity index (χ2n) is 9.18. The van der Waals surface area contributed by atoms with Crippen LogP contribution in [0, 0.1) is 6.92 Å². The van der Waals surface area contributed by atoms with Gasteiger partial charge in [0.25, 0.3) is 0 Å². The number of hydrogen-bond acceptors (Lipinski definition) is 6. The van der Waals surface area contributed by atoms with Crippen LogP contribution in [0.15, 0.2) is 54.6 Å². The molecule has 2 atom stereocenters. The molecule has 0 amide bonds. The van der Waals surface area contributed by atoms with Gasteiger partial charge in [0.05, 0.1) is 24.4 Å². The van der Waals surface area contributed by atoms with E-state index in [4.69, 9.17) is 19.3 Å². The van der Waals surface area contributed by atoms with Crippen LogP contribution in [-0.4, -0.2) is 64.9 Å². The first-order chi connectivity index (χ1) is 17.0. The summed E-state index contributed by atoms with van der Waals surface area (Å²) in [6.45, 7) is 7.46. The normalized spacial score (nSPS) is 16.7. The smallest absolute Gasteiger partial charge is 0.222 e. The van der Waals surface area contributed by atoms with Crippen molar-refractivity contribution in [3.8, 4) is 22.9 Å². The Morgan fingerprint density at radius 2 is 2.03 bits per heavy atom. The van der Waals surface area contributed by atoms with E-state index in [-0.39, 0.29) is 6.10 Å². The van der Waals surface area contributed by atoms with Gasteiger partial charge in [-0.25, -0.2) is 4.68 Å². The van der Waals surface area contributed by atoms with Gasteiger partial charge in [-0.1, -0.05) is 42.5 Å². The van der Waals surface area contributed by atoms with E-state index < -0.39 is 6.10 Å². The monoisotopic (exact) mass is 479 g/mol. The van der Waals surface area contributed by atoms with Gasteiger partial charge in [0.15, 0.2) is 0 Å². The van der Waals surface area contributed by atoms with Crippen molar-refractivity contribution in [2.75, 3.05) is 32.9 Å². The quantitative estimate of drug-likeness (QED) is 0.411. The number of nitrogens with zero attached hydrogens (tertiary/aromatic N) is 3. The Morgan fingerprint density at radius 1 is 1.20 bits per heavy atom. The van der Waals surface area contributed by atoms with Crippen LogP contribution in [0.4, 0.5) is 0 Å². The maximum Gasteiger partial charge on any atom is 0.222 e. The van der Waals surface area contributed by atoms with Crippen LogP contribution in [0.2, 0.25) is 0 Å². The average Bonchev–Trinajstić information content (AvgIpc) is 3.47. The highest BCUT2D eigenvalue weighted by Gasteiger charge is 2.26. The van der Waals surface area contributed by atoms with E-state index in [9.17, 15) is 5.11 Å². The molecule has 1 N–H and O–H groups in total. The van der Waals surface area contributed by atoms with E-state index in [1.807, 2.05) is 50.4 Å². The van der Waals surface area contributed by atoms with Gasteiger partial charge in [-0.05, 0) is 44.4 Å². The maximum absolute atomic E-state index is 10.7. The lowest BCUT2D eigenvalue weighted by Crippen LogP contribution is -2.39. The highest BCUT2D eigenvalue weighted by molar-refractivity contribution is 5.65. The molecule has 0 unspecified atom stereocenters. The Morgan fingerprint density at radius 3 is 2.74 bits per heavy atom. The molecule has 2 aromatic carbocycles. The first-order valence-electron chi connectivity index (χ1n) is 12.5. The van der Waals surface area contributed by atoms with Gasteiger partial charge in [-0.15, -0.1) is 0 Å². The number of rotatable bonds is 12. The molecular formula is C28H37N3O4. The molecule has 0 saturated carbocycles. The Labute approximate surface area is 208 Å². The lowest BCUT2D eigenvalue weighted by atomic mass is 10.1. The van der Waals surface area contributed by atoms with Crippen molar-refractivity contribution in [1.82, 2.24) is 14.7 Å². The Balaban J connectivity index is 1.67. The maximum atomic E-state index is 10.7. The molecule has 1 aliphatic rings. The molecule has 1 saturated heterocycles. The van der Waals surface area contributed by atoms with Crippen molar-refractivity contribution in [3.05, 3.63) is 65.7 Å². The fourth-order valence-corrected chi connectivity index (χ4v) is 4.55. The molecular weight excluding hydrogens is 442 g/mol. The number of aliphatic hydroxyl groups excluding tert-OH is 1. The van der Waals surface area contributed by atoms with Gasteiger partial charge < -0.3 is 19.3 Å². The van der Waals surface area contributed by atoms with Gasteiger partial charge in [-0.2, -0.15) is 5.10 Å². The molecule has 0 aliphatic carbocycles. The summed E-state index contributed by atoms with van der Waals surface area (Å²) in [5.74, 6) is 1.47. The molecule has 2 heterocycles. The van der Waals surface area contributed by atoms with E-state index in [0.29, 0.717) is 32.2 Å². The summed E-state index contributed by atoms with van der Waals surface area (Å²) in [6, 6.07) is 18.2. The van der Waals surface area contributed by atoms with Crippen LogP contribution in [0.3, 0.4) is 0 Å². The van der Waals surface area contributed by atoms with Gasteiger partial charge in [0.1, 0.15) is 11.4 Å².